The number of carbonyl (C=O) groups is 2. The molecule has 0 saturated carbocycles. The van der Waals surface area contributed by atoms with E-state index in [-0.39, 0.29) is 18.4 Å². The number of hydrogen-bond acceptors (Lipinski definition) is 5. The summed E-state index contributed by atoms with van der Waals surface area (Å²) in [5, 5.41) is 8.20. The normalized spacial score (nSPS) is 20.8. The first kappa shape index (κ1) is 23.6. The summed E-state index contributed by atoms with van der Waals surface area (Å²) in [5.74, 6) is -0.0547. The number of hydrogen-bond donors (Lipinski definition) is 1. The predicted molar refractivity (Wildman–Crippen MR) is 139 cm³/mol. The van der Waals surface area contributed by atoms with Gasteiger partial charge in [0.05, 0.1) is 23.6 Å². The predicted octanol–water partition coefficient (Wildman–Crippen LogP) is 3.88. The van der Waals surface area contributed by atoms with Crippen LogP contribution in [0.25, 0.3) is 5.69 Å². The molecule has 7 nitrogen and oxygen atoms in total. The van der Waals surface area contributed by atoms with Crippen LogP contribution in [0.1, 0.15) is 36.3 Å². The van der Waals surface area contributed by atoms with Crippen LogP contribution in [0.3, 0.4) is 0 Å². The van der Waals surface area contributed by atoms with Crippen LogP contribution in [0.2, 0.25) is 0 Å². The minimum atomic E-state index is -0.555. The molecule has 2 atom stereocenters. The second-order valence-corrected chi connectivity index (χ2v) is 10.7. The van der Waals surface area contributed by atoms with Gasteiger partial charge in [-0.05, 0) is 44.5 Å². The Morgan fingerprint density at radius 1 is 1.09 bits per heavy atom. The van der Waals surface area contributed by atoms with Crippen molar-refractivity contribution in [1.82, 2.24) is 20.0 Å². The van der Waals surface area contributed by atoms with Crippen molar-refractivity contribution in [2.75, 3.05) is 31.1 Å². The molecule has 5 rings (SSSR count). The molecule has 2 aliphatic heterocycles. The highest BCUT2D eigenvalue weighted by Gasteiger charge is 2.37. The van der Waals surface area contributed by atoms with Crippen molar-refractivity contribution in [2.24, 2.45) is 0 Å². The molecule has 3 heterocycles. The third-order valence-corrected chi connectivity index (χ3v) is 8.05. The van der Waals surface area contributed by atoms with Gasteiger partial charge in [-0.15, -0.1) is 11.8 Å². The van der Waals surface area contributed by atoms with E-state index in [0.29, 0.717) is 24.9 Å². The molecule has 0 aliphatic carbocycles. The fourth-order valence-electron chi connectivity index (χ4n) is 5.07. The molecular formula is C27H31N5O2S. The molecule has 0 radical (unpaired) electrons. The molecule has 1 aromatic heterocycles. The van der Waals surface area contributed by atoms with E-state index >= 15 is 0 Å². The lowest BCUT2D eigenvalue weighted by atomic mass is 10.00. The first-order chi connectivity index (χ1) is 16.9. The van der Waals surface area contributed by atoms with Crippen LogP contribution in [0.4, 0.5) is 5.69 Å². The molecule has 0 bridgehead atoms. The lowest BCUT2D eigenvalue weighted by Crippen LogP contribution is -2.53. The summed E-state index contributed by atoms with van der Waals surface area (Å²) in [6.45, 7) is 8.13. The van der Waals surface area contributed by atoms with E-state index in [4.69, 9.17) is 5.10 Å². The van der Waals surface area contributed by atoms with E-state index in [1.165, 1.54) is 0 Å². The quantitative estimate of drug-likeness (QED) is 0.602. The number of rotatable bonds is 4. The molecule has 1 saturated heterocycles. The van der Waals surface area contributed by atoms with E-state index in [2.05, 4.69) is 18.3 Å². The van der Waals surface area contributed by atoms with Gasteiger partial charge >= 0.3 is 0 Å². The number of aromatic nitrogens is 2. The summed E-state index contributed by atoms with van der Waals surface area (Å²) in [6, 6.07) is 17.5. The van der Waals surface area contributed by atoms with E-state index in [0.717, 1.165) is 39.6 Å². The third-order valence-electron chi connectivity index (χ3n) is 6.82. The number of fused-ring (bicyclic) bond motifs is 1. The van der Waals surface area contributed by atoms with Gasteiger partial charge in [0.2, 0.25) is 11.8 Å². The number of piperazine rings is 1. The monoisotopic (exact) mass is 489 g/mol. The minimum Gasteiger partial charge on any atom is -0.353 e. The Hall–Kier alpha value is -3.10. The number of amides is 2. The van der Waals surface area contributed by atoms with Crippen LogP contribution >= 0.6 is 11.8 Å². The van der Waals surface area contributed by atoms with Gasteiger partial charge in [-0.25, -0.2) is 4.68 Å². The summed E-state index contributed by atoms with van der Waals surface area (Å²) in [6.07, 6.45) is 0.928. The van der Waals surface area contributed by atoms with Crippen molar-refractivity contribution in [3.63, 3.8) is 0 Å². The Bertz CT molecular complexity index is 1240. The van der Waals surface area contributed by atoms with E-state index in [1.54, 1.807) is 0 Å². The van der Waals surface area contributed by atoms with Crippen LogP contribution in [-0.2, 0) is 9.59 Å². The number of thioether (sulfide) groups is 1. The van der Waals surface area contributed by atoms with E-state index in [1.807, 2.05) is 88.6 Å². The van der Waals surface area contributed by atoms with Gasteiger partial charge in [0.1, 0.15) is 6.04 Å². The molecular weight excluding hydrogens is 458 g/mol. The third kappa shape index (κ3) is 4.60. The van der Waals surface area contributed by atoms with Gasteiger partial charge in [0.25, 0.3) is 0 Å². The highest BCUT2D eigenvalue weighted by Crippen LogP contribution is 2.38. The SMILES string of the molecule is Cc1nn(-c2ccccc2)c(C)c1C1C(=O)NCCN1CC(=O)N1CCC(C)Sc2ccccc21. The highest BCUT2D eigenvalue weighted by molar-refractivity contribution is 8.00. The van der Waals surface area contributed by atoms with Gasteiger partial charge in [0.15, 0.2) is 0 Å². The molecule has 2 aliphatic rings. The zero-order valence-electron chi connectivity index (χ0n) is 20.4. The maximum absolute atomic E-state index is 13.7. The lowest BCUT2D eigenvalue weighted by molar-refractivity contribution is -0.131. The van der Waals surface area contributed by atoms with Crippen LogP contribution in [0, 0.1) is 13.8 Å². The number of nitrogens with zero attached hydrogens (tertiary/aromatic N) is 4. The topological polar surface area (TPSA) is 70.5 Å². The first-order valence-corrected chi connectivity index (χ1v) is 13.0. The lowest BCUT2D eigenvalue weighted by Gasteiger charge is -2.36. The van der Waals surface area contributed by atoms with Crippen LogP contribution in [0.15, 0.2) is 59.5 Å². The Morgan fingerprint density at radius 3 is 2.63 bits per heavy atom. The van der Waals surface area contributed by atoms with Crippen molar-refractivity contribution in [1.29, 1.82) is 0 Å². The molecule has 2 aromatic carbocycles. The molecule has 1 N–H and O–H groups in total. The number of benzene rings is 2. The van der Waals surface area contributed by atoms with Crippen molar-refractivity contribution in [3.8, 4) is 5.69 Å². The van der Waals surface area contributed by atoms with Gasteiger partial charge in [-0.3, -0.25) is 14.5 Å². The number of aryl methyl sites for hydroxylation is 1. The average Bonchev–Trinajstić information content (AvgIpc) is 3.03. The van der Waals surface area contributed by atoms with Gasteiger partial charge in [0, 0.05) is 41.0 Å². The molecule has 1 fully saturated rings. The molecule has 35 heavy (non-hydrogen) atoms. The maximum atomic E-state index is 13.7. The molecule has 182 valence electrons. The average molecular weight is 490 g/mol. The second-order valence-electron chi connectivity index (χ2n) is 9.23. The van der Waals surface area contributed by atoms with Crippen molar-refractivity contribution < 1.29 is 9.59 Å². The minimum absolute atomic E-state index is 0.0256. The molecule has 0 spiro atoms. The van der Waals surface area contributed by atoms with E-state index in [9.17, 15) is 9.59 Å². The van der Waals surface area contributed by atoms with Crippen LogP contribution in [0.5, 0.6) is 0 Å². The summed E-state index contributed by atoms with van der Waals surface area (Å²) in [7, 11) is 0. The Balaban J connectivity index is 1.45. The fraction of sp³-hybridized carbons (Fsp3) is 0.370. The van der Waals surface area contributed by atoms with Crippen molar-refractivity contribution in [2.45, 2.75) is 43.4 Å². The number of carbonyl (C=O) groups excluding carboxylic acids is 2. The summed E-state index contributed by atoms with van der Waals surface area (Å²) in [5.41, 5.74) is 4.51. The summed E-state index contributed by atoms with van der Waals surface area (Å²) < 4.78 is 1.89. The Kier molecular flexibility index (Phi) is 6.67. The zero-order valence-corrected chi connectivity index (χ0v) is 21.2. The zero-order chi connectivity index (χ0) is 24.5. The first-order valence-electron chi connectivity index (χ1n) is 12.1. The van der Waals surface area contributed by atoms with Crippen molar-refractivity contribution in [3.05, 3.63) is 71.5 Å². The molecule has 3 aromatic rings. The maximum Gasteiger partial charge on any atom is 0.242 e. The Labute approximate surface area is 210 Å². The smallest absolute Gasteiger partial charge is 0.242 e. The molecule has 2 amide bonds. The van der Waals surface area contributed by atoms with Crippen LogP contribution in [-0.4, -0.2) is 57.9 Å². The Morgan fingerprint density at radius 2 is 1.83 bits per heavy atom. The van der Waals surface area contributed by atoms with Gasteiger partial charge < -0.3 is 10.2 Å². The summed E-state index contributed by atoms with van der Waals surface area (Å²) >= 11 is 1.82. The van der Waals surface area contributed by atoms with Crippen molar-refractivity contribution >= 4 is 29.3 Å². The van der Waals surface area contributed by atoms with Gasteiger partial charge in [-0.1, -0.05) is 37.3 Å². The number of nitrogens with one attached hydrogen (secondary N) is 1. The fourth-order valence-corrected chi connectivity index (χ4v) is 6.19. The standard InChI is InChI=1S/C27H31N5O2S/c1-18-13-15-31(22-11-7-8-12-23(22)35-18)24(33)17-30-16-14-28-27(34)26(30)25-19(2)29-32(20(25)3)21-9-5-4-6-10-21/h4-12,18,26H,13-17H2,1-3H3,(H,28,34). The second kappa shape index (κ2) is 9.87. The molecule has 8 heteroatoms. The summed E-state index contributed by atoms with van der Waals surface area (Å²) in [4.78, 5) is 31.9. The number of para-hydroxylation sites is 2. The highest BCUT2D eigenvalue weighted by atomic mass is 32.2. The van der Waals surface area contributed by atoms with Gasteiger partial charge in [-0.2, -0.15) is 5.10 Å². The van der Waals surface area contributed by atoms with E-state index < -0.39 is 6.04 Å². The van der Waals surface area contributed by atoms with Crippen LogP contribution < -0.4 is 10.2 Å². The number of anilines is 1. The largest absolute Gasteiger partial charge is 0.353 e. The molecule has 2 unspecified atom stereocenters.